The van der Waals surface area contributed by atoms with Crippen molar-refractivity contribution in [3.05, 3.63) is 41.8 Å². The number of halogens is 1. The van der Waals surface area contributed by atoms with Gasteiger partial charge in [-0.15, -0.1) is 5.10 Å². The van der Waals surface area contributed by atoms with Crippen molar-refractivity contribution in [1.29, 1.82) is 0 Å². The highest BCUT2D eigenvalue weighted by atomic mass is 32.2. The van der Waals surface area contributed by atoms with Gasteiger partial charge in [0.25, 0.3) is 0 Å². The average Bonchev–Trinajstić information content (AvgIpc) is 3.14. The molecule has 8 heteroatoms. The summed E-state index contributed by atoms with van der Waals surface area (Å²) in [6.07, 6.45) is 0.728. The van der Waals surface area contributed by atoms with Crippen LogP contribution in [0, 0.1) is 5.82 Å². The Kier molecular flexibility index (Phi) is 3.96. The lowest BCUT2D eigenvalue weighted by atomic mass is 10.2. The first-order chi connectivity index (χ1) is 10.3. The molecular weight excluding hydrogens is 293 g/mol. The van der Waals surface area contributed by atoms with Crippen LogP contribution in [0.2, 0.25) is 0 Å². The van der Waals surface area contributed by atoms with E-state index in [9.17, 15) is 4.39 Å². The van der Waals surface area contributed by atoms with Crippen molar-refractivity contribution in [3.8, 4) is 11.4 Å². The van der Waals surface area contributed by atoms with Crippen molar-refractivity contribution >= 4 is 11.8 Å². The van der Waals surface area contributed by atoms with Gasteiger partial charge in [0.15, 0.2) is 11.6 Å². The molecule has 2 heterocycles. The molecule has 0 unspecified atom stereocenters. The van der Waals surface area contributed by atoms with E-state index in [1.165, 1.54) is 17.8 Å². The fourth-order valence-corrected chi connectivity index (χ4v) is 2.34. The number of thioether (sulfide) groups is 1. The summed E-state index contributed by atoms with van der Waals surface area (Å²) in [5.74, 6) is 1.73. The number of nitrogens with one attached hydrogen (secondary N) is 1. The fraction of sp³-hybridized carbons (Fsp3) is 0.231. The molecule has 0 bridgehead atoms. The van der Waals surface area contributed by atoms with Crippen molar-refractivity contribution < 1.29 is 8.91 Å². The van der Waals surface area contributed by atoms with Gasteiger partial charge < -0.3 is 4.52 Å². The van der Waals surface area contributed by atoms with E-state index in [-0.39, 0.29) is 5.82 Å². The quantitative estimate of drug-likeness (QED) is 0.730. The molecule has 0 aliphatic carbocycles. The Hall–Kier alpha value is -2.22. The lowest BCUT2D eigenvalue weighted by Gasteiger charge is -1.96. The molecule has 1 N–H and O–H groups in total. The van der Waals surface area contributed by atoms with E-state index in [2.05, 4.69) is 25.3 Å². The molecule has 21 heavy (non-hydrogen) atoms. The molecule has 0 saturated carbocycles. The number of hydrogen-bond donors (Lipinski definition) is 1. The molecule has 0 fully saturated rings. The molecule has 3 rings (SSSR count). The van der Waals surface area contributed by atoms with Gasteiger partial charge in [0, 0.05) is 6.42 Å². The van der Waals surface area contributed by atoms with E-state index in [4.69, 9.17) is 4.52 Å². The second-order valence-electron chi connectivity index (χ2n) is 4.19. The molecule has 2 aromatic heterocycles. The standard InChI is InChI=1S/C13H12FN5OS/c1-2-10-15-11(20-19-10)7-21-13-16-12(17-18-13)8-5-3-4-6-9(8)14/h3-6H,2,7H2,1H3,(H,16,17,18). The number of aryl methyl sites for hydroxylation is 1. The monoisotopic (exact) mass is 305 g/mol. The molecule has 108 valence electrons. The minimum Gasteiger partial charge on any atom is -0.338 e. The first-order valence-corrected chi connectivity index (χ1v) is 7.36. The van der Waals surface area contributed by atoms with E-state index < -0.39 is 0 Å². The number of rotatable bonds is 5. The predicted molar refractivity (Wildman–Crippen MR) is 75.0 cm³/mol. The molecule has 0 aliphatic heterocycles. The first kappa shape index (κ1) is 13.7. The minimum atomic E-state index is -0.338. The normalized spacial score (nSPS) is 11.0. The van der Waals surface area contributed by atoms with Crippen LogP contribution in [0.3, 0.4) is 0 Å². The van der Waals surface area contributed by atoms with Crippen LogP contribution in [-0.4, -0.2) is 25.3 Å². The van der Waals surface area contributed by atoms with E-state index in [0.29, 0.717) is 34.0 Å². The molecule has 1 aromatic carbocycles. The van der Waals surface area contributed by atoms with Crippen molar-refractivity contribution in [1.82, 2.24) is 25.3 Å². The highest BCUT2D eigenvalue weighted by Crippen LogP contribution is 2.23. The van der Waals surface area contributed by atoms with Gasteiger partial charge in [-0.2, -0.15) is 4.98 Å². The van der Waals surface area contributed by atoms with Gasteiger partial charge in [-0.1, -0.05) is 36.0 Å². The van der Waals surface area contributed by atoms with Gasteiger partial charge >= 0.3 is 0 Å². The molecule has 3 aromatic rings. The number of hydrogen-bond acceptors (Lipinski definition) is 6. The van der Waals surface area contributed by atoms with Crippen LogP contribution < -0.4 is 0 Å². The zero-order valence-electron chi connectivity index (χ0n) is 11.2. The van der Waals surface area contributed by atoms with Crippen molar-refractivity contribution in [2.24, 2.45) is 0 Å². The molecule has 6 nitrogen and oxygen atoms in total. The lowest BCUT2D eigenvalue weighted by Crippen LogP contribution is -1.86. The predicted octanol–water partition coefficient (Wildman–Crippen LogP) is 2.85. The van der Waals surface area contributed by atoms with Crippen LogP contribution in [0.15, 0.2) is 33.9 Å². The third kappa shape index (κ3) is 3.10. The number of nitrogens with zero attached hydrogens (tertiary/aromatic N) is 4. The highest BCUT2D eigenvalue weighted by Gasteiger charge is 2.12. The van der Waals surface area contributed by atoms with Crippen LogP contribution in [0.25, 0.3) is 11.4 Å². The SMILES string of the molecule is CCc1noc(CSc2n[nH]c(-c3ccccc3F)n2)n1. The molecule has 0 aliphatic rings. The molecular formula is C13H12FN5OS. The summed E-state index contributed by atoms with van der Waals surface area (Å²) in [4.78, 5) is 8.45. The van der Waals surface area contributed by atoms with Gasteiger partial charge in [0.1, 0.15) is 5.82 Å². The van der Waals surface area contributed by atoms with Crippen molar-refractivity contribution in [2.45, 2.75) is 24.3 Å². The summed E-state index contributed by atoms with van der Waals surface area (Å²) >= 11 is 1.35. The number of aromatic nitrogens is 5. The highest BCUT2D eigenvalue weighted by molar-refractivity contribution is 7.98. The Bertz CT molecular complexity index is 742. The Morgan fingerprint density at radius 1 is 1.29 bits per heavy atom. The Balaban J connectivity index is 1.69. The lowest BCUT2D eigenvalue weighted by molar-refractivity contribution is 0.385. The second-order valence-corrected chi connectivity index (χ2v) is 5.14. The van der Waals surface area contributed by atoms with Crippen molar-refractivity contribution in [3.63, 3.8) is 0 Å². The summed E-state index contributed by atoms with van der Waals surface area (Å²) in [5, 5.41) is 11.1. The summed E-state index contributed by atoms with van der Waals surface area (Å²) in [6, 6.07) is 6.41. The van der Waals surface area contributed by atoms with Crippen molar-refractivity contribution in [2.75, 3.05) is 0 Å². The van der Waals surface area contributed by atoms with Gasteiger partial charge in [0.05, 0.1) is 11.3 Å². The zero-order valence-corrected chi connectivity index (χ0v) is 12.0. The Morgan fingerprint density at radius 3 is 2.90 bits per heavy atom. The topological polar surface area (TPSA) is 80.5 Å². The first-order valence-electron chi connectivity index (χ1n) is 6.38. The third-order valence-electron chi connectivity index (χ3n) is 2.74. The molecule has 0 saturated heterocycles. The number of H-pyrrole nitrogens is 1. The molecule has 0 atom stereocenters. The molecule has 0 amide bonds. The maximum absolute atomic E-state index is 13.6. The van der Waals surface area contributed by atoms with Crippen LogP contribution in [-0.2, 0) is 12.2 Å². The minimum absolute atomic E-state index is 0.338. The third-order valence-corrected chi connectivity index (χ3v) is 3.58. The van der Waals surface area contributed by atoms with Gasteiger partial charge in [-0.05, 0) is 12.1 Å². The van der Waals surface area contributed by atoms with Gasteiger partial charge in [-0.3, -0.25) is 5.10 Å². The molecule has 0 radical (unpaired) electrons. The van der Waals surface area contributed by atoms with E-state index in [0.717, 1.165) is 6.42 Å². The number of benzene rings is 1. The van der Waals surface area contributed by atoms with Gasteiger partial charge in [0.2, 0.25) is 11.0 Å². The van der Waals surface area contributed by atoms with Crippen LogP contribution in [0.5, 0.6) is 0 Å². The Labute approximate surface area is 124 Å². The summed E-state index contributed by atoms with van der Waals surface area (Å²) in [7, 11) is 0. The summed E-state index contributed by atoms with van der Waals surface area (Å²) < 4.78 is 18.7. The summed E-state index contributed by atoms with van der Waals surface area (Å²) in [5.41, 5.74) is 0.392. The smallest absolute Gasteiger partial charge is 0.237 e. The van der Waals surface area contributed by atoms with Gasteiger partial charge in [-0.25, -0.2) is 9.37 Å². The number of aromatic amines is 1. The summed E-state index contributed by atoms with van der Waals surface area (Å²) in [6.45, 7) is 1.96. The largest absolute Gasteiger partial charge is 0.338 e. The maximum atomic E-state index is 13.6. The van der Waals surface area contributed by atoms with Crippen LogP contribution >= 0.6 is 11.8 Å². The zero-order chi connectivity index (χ0) is 14.7. The van der Waals surface area contributed by atoms with E-state index in [1.54, 1.807) is 18.2 Å². The maximum Gasteiger partial charge on any atom is 0.237 e. The van der Waals surface area contributed by atoms with Crippen LogP contribution in [0.4, 0.5) is 4.39 Å². The average molecular weight is 305 g/mol. The van der Waals surface area contributed by atoms with Crippen LogP contribution in [0.1, 0.15) is 18.6 Å². The van der Waals surface area contributed by atoms with E-state index >= 15 is 0 Å². The van der Waals surface area contributed by atoms with E-state index in [1.807, 2.05) is 6.92 Å². The fourth-order valence-electron chi connectivity index (χ4n) is 1.70. The molecule has 0 spiro atoms. The second kappa shape index (κ2) is 6.04. The Morgan fingerprint density at radius 2 is 2.14 bits per heavy atom.